The number of amides is 3. The predicted molar refractivity (Wildman–Crippen MR) is 89.7 cm³/mol. The van der Waals surface area contributed by atoms with E-state index >= 15 is 0 Å². The molecule has 0 aliphatic heterocycles. The Hall–Kier alpha value is -3.43. The predicted octanol–water partition coefficient (Wildman–Crippen LogP) is 1.65. The van der Waals surface area contributed by atoms with Crippen LogP contribution in [-0.4, -0.2) is 26.6 Å². The molecule has 3 amide bonds. The number of rotatable bonds is 5. The number of para-hydroxylation sites is 1. The Morgan fingerprint density at radius 3 is 2.48 bits per heavy atom. The average molecular weight is 346 g/mol. The number of nitro groups is 1. The number of nitrogens with zero attached hydrogens (tertiary/aromatic N) is 3. The van der Waals surface area contributed by atoms with Crippen molar-refractivity contribution in [3.05, 3.63) is 51.8 Å². The minimum Gasteiger partial charge on any atom is -0.307 e. The first kappa shape index (κ1) is 17.9. The molecule has 0 atom stereocenters. The molecule has 0 aliphatic carbocycles. The fourth-order valence-corrected chi connectivity index (χ4v) is 2.25. The molecule has 3 N–H and O–H groups in total. The fraction of sp³-hybridized carbons (Fsp3) is 0.267. The van der Waals surface area contributed by atoms with Gasteiger partial charge in [-0.15, -0.1) is 0 Å². The van der Waals surface area contributed by atoms with Gasteiger partial charge in [-0.25, -0.2) is 10.2 Å². The van der Waals surface area contributed by atoms with Crippen molar-refractivity contribution in [1.82, 2.24) is 20.6 Å². The van der Waals surface area contributed by atoms with Crippen LogP contribution in [0.2, 0.25) is 0 Å². The second-order valence-corrected chi connectivity index (χ2v) is 5.24. The number of hydrogen-bond donors (Lipinski definition) is 3. The van der Waals surface area contributed by atoms with Crippen LogP contribution in [0, 0.1) is 24.0 Å². The molecule has 0 fully saturated rings. The van der Waals surface area contributed by atoms with Crippen LogP contribution < -0.4 is 16.2 Å². The van der Waals surface area contributed by atoms with Crippen LogP contribution in [0.3, 0.4) is 0 Å². The van der Waals surface area contributed by atoms with Gasteiger partial charge in [0.1, 0.15) is 11.4 Å². The Morgan fingerprint density at radius 1 is 1.20 bits per heavy atom. The molecule has 132 valence electrons. The quantitative estimate of drug-likeness (QED) is 0.559. The van der Waals surface area contributed by atoms with Gasteiger partial charge in [0.2, 0.25) is 5.91 Å². The van der Waals surface area contributed by atoms with Gasteiger partial charge < -0.3 is 5.32 Å². The number of anilines is 1. The molecule has 1 aromatic heterocycles. The normalized spacial score (nSPS) is 10.2. The highest BCUT2D eigenvalue weighted by atomic mass is 16.6. The first-order chi connectivity index (χ1) is 11.9. The first-order valence-corrected chi connectivity index (χ1v) is 7.47. The van der Waals surface area contributed by atoms with Gasteiger partial charge in [0.25, 0.3) is 0 Å². The van der Waals surface area contributed by atoms with E-state index in [0.717, 1.165) is 0 Å². The second-order valence-electron chi connectivity index (χ2n) is 5.24. The highest BCUT2D eigenvalue weighted by molar-refractivity contribution is 5.90. The van der Waals surface area contributed by atoms with Crippen molar-refractivity contribution in [2.24, 2.45) is 0 Å². The summed E-state index contributed by atoms with van der Waals surface area (Å²) in [5.41, 5.74) is 5.70. The van der Waals surface area contributed by atoms with Crippen molar-refractivity contribution in [1.29, 1.82) is 0 Å². The number of aromatic nitrogens is 2. The Kier molecular flexibility index (Phi) is 5.66. The molecule has 0 saturated heterocycles. The fourth-order valence-electron chi connectivity index (χ4n) is 2.25. The van der Waals surface area contributed by atoms with Crippen LogP contribution in [0.5, 0.6) is 0 Å². The van der Waals surface area contributed by atoms with E-state index in [1.165, 1.54) is 11.6 Å². The van der Waals surface area contributed by atoms with Crippen LogP contribution in [0.15, 0.2) is 30.3 Å². The smallest absolute Gasteiger partial charge is 0.307 e. The summed E-state index contributed by atoms with van der Waals surface area (Å²) in [6.45, 7) is 3.27. The molecular weight excluding hydrogens is 328 g/mol. The first-order valence-electron chi connectivity index (χ1n) is 7.47. The van der Waals surface area contributed by atoms with Gasteiger partial charge in [-0.3, -0.25) is 25.0 Å². The van der Waals surface area contributed by atoms with Crippen LogP contribution >= 0.6 is 0 Å². The highest BCUT2D eigenvalue weighted by Gasteiger charge is 2.21. The summed E-state index contributed by atoms with van der Waals surface area (Å²) in [6.07, 6.45) is 0.00469. The van der Waals surface area contributed by atoms with Gasteiger partial charge in [-0.05, 0) is 26.0 Å². The minimum absolute atomic E-state index is 0.00469. The lowest BCUT2D eigenvalue weighted by atomic mass is 10.3. The van der Waals surface area contributed by atoms with Crippen molar-refractivity contribution < 1.29 is 14.5 Å². The maximum Gasteiger partial charge on any atom is 0.337 e. The molecule has 2 rings (SSSR count). The van der Waals surface area contributed by atoms with E-state index in [1.54, 1.807) is 31.2 Å². The number of hydrazine groups is 1. The summed E-state index contributed by atoms with van der Waals surface area (Å²) >= 11 is 0. The monoisotopic (exact) mass is 346 g/mol. The van der Waals surface area contributed by atoms with E-state index in [-0.39, 0.29) is 18.7 Å². The summed E-state index contributed by atoms with van der Waals surface area (Å²) < 4.78 is 1.40. The van der Waals surface area contributed by atoms with E-state index in [1.807, 2.05) is 6.07 Å². The number of hydrogen-bond acceptors (Lipinski definition) is 5. The molecule has 0 spiro atoms. The lowest BCUT2D eigenvalue weighted by Gasteiger charge is -2.09. The maximum atomic E-state index is 11.8. The molecule has 0 aliphatic rings. The molecule has 0 unspecified atom stereocenters. The number of benzene rings is 1. The van der Waals surface area contributed by atoms with Crippen molar-refractivity contribution >= 4 is 23.3 Å². The second kappa shape index (κ2) is 7.90. The standard InChI is InChI=1S/C15H18N6O4/c1-10-14(21(24)25)11(2)20(19-10)9-8-13(22)17-18-15(23)16-12-6-4-3-5-7-12/h3-7H,8-9H2,1-2H3,(H,17,22)(H2,16,18,23). The summed E-state index contributed by atoms with van der Waals surface area (Å²) in [6, 6.07) is 8.17. The van der Waals surface area contributed by atoms with Crippen LogP contribution in [0.1, 0.15) is 17.8 Å². The lowest BCUT2D eigenvalue weighted by molar-refractivity contribution is -0.386. The molecule has 1 aromatic carbocycles. The van der Waals surface area contributed by atoms with E-state index < -0.39 is 16.9 Å². The summed E-state index contributed by atoms with van der Waals surface area (Å²) in [4.78, 5) is 33.9. The molecular formula is C15H18N6O4. The Bertz CT molecular complexity index is 787. The molecule has 0 bridgehead atoms. The summed E-state index contributed by atoms with van der Waals surface area (Å²) in [7, 11) is 0. The molecule has 2 aromatic rings. The van der Waals surface area contributed by atoms with Crippen LogP contribution in [0.4, 0.5) is 16.2 Å². The minimum atomic E-state index is -0.582. The van der Waals surface area contributed by atoms with Crippen molar-refractivity contribution in [2.75, 3.05) is 5.32 Å². The van der Waals surface area contributed by atoms with E-state index in [0.29, 0.717) is 17.1 Å². The Labute approximate surface area is 143 Å². The Morgan fingerprint density at radius 2 is 1.88 bits per heavy atom. The number of nitrogens with one attached hydrogen (secondary N) is 3. The zero-order valence-corrected chi connectivity index (χ0v) is 13.8. The third kappa shape index (κ3) is 4.77. The molecule has 10 nitrogen and oxygen atoms in total. The number of urea groups is 1. The van der Waals surface area contributed by atoms with Crippen molar-refractivity contribution in [2.45, 2.75) is 26.8 Å². The number of carbonyl (C=O) groups is 2. The molecule has 25 heavy (non-hydrogen) atoms. The van der Waals surface area contributed by atoms with Gasteiger partial charge in [-0.1, -0.05) is 18.2 Å². The lowest BCUT2D eigenvalue weighted by Crippen LogP contribution is -2.44. The van der Waals surface area contributed by atoms with E-state index in [4.69, 9.17) is 0 Å². The zero-order valence-electron chi connectivity index (χ0n) is 13.8. The molecule has 0 radical (unpaired) electrons. The maximum absolute atomic E-state index is 11.8. The molecule has 10 heteroatoms. The van der Waals surface area contributed by atoms with Gasteiger partial charge in [0.05, 0.1) is 11.5 Å². The summed E-state index contributed by atoms with van der Waals surface area (Å²) in [5.74, 6) is -0.446. The van der Waals surface area contributed by atoms with Crippen molar-refractivity contribution in [3.63, 3.8) is 0 Å². The topological polar surface area (TPSA) is 131 Å². The molecule has 1 heterocycles. The van der Waals surface area contributed by atoms with Gasteiger partial charge in [0.15, 0.2) is 0 Å². The number of aryl methyl sites for hydroxylation is 2. The van der Waals surface area contributed by atoms with Crippen LogP contribution in [-0.2, 0) is 11.3 Å². The number of carbonyl (C=O) groups excluding carboxylic acids is 2. The molecule has 0 saturated carbocycles. The van der Waals surface area contributed by atoms with Gasteiger partial charge in [-0.2, -0.15) is 5.10 Å². The van der Waals surface area contributed by atoms with Gasteiger partial charge >= 0.3 is 11.7 Å². The average Bonchev–Trinajstić information content (AvgIpc) is 2.86. The zero-order chi connectivity index (χ0) is 18.4. The SMILES string of the molecule is Cc1nn(CCC(=O)NNC(=O)Nc2ccccc2)c(C)c1[N+](=O)[O-]. The van der Waals surface area contributed by atoms with E-state index in [2.05, 4.69) is 21.3 Å². The van der Waals surface area contributed by atoms with Crippen molar-refractivity contribution in [3.8, 4) is 0 Å². The Balaban J connectivity index is 1.80. The largest absolute Gasteiger partial charge is 0.337 e. The third-order valence-corrected chi connectivity index (χ3v) is 3.42. The summed E-state index contributed by atoms with van der Waals surface area (Å²) in [5, 5.41) is 17.5. The van der Waals surface area contributed by atoms with Crippen LogP contribution in [0.25, 0.3) is 0 Å². The third-order valence-electron chi connectivity index (χ3n) is 3.42. The van der Waals surface area contributed by atoms with Gasteiger partial charge in [0, 0.05) is 12.1 Å². The van der Waals surface area contributed by atoms with E-state index in [9.17, 15) is 19.7 Å². The highest BCUT2D eigenvalue weighted by Crippen LogP contribution is 2.21.